The quantitative estimate of drug-likeness (QED) is 0.856. The van der Waals surface area contributed by atoms with Crippen LogP contribution in [0.4, 0.5) is 0 Å². The van der Waals surface area contributed by atoms with Crippen LogP contribution in [0.15, 0.2) is 22.9 Å². The molecule has 18 heavy (non-hydrogen) atoms. The van der Waals surface area contributed by atoms with Crippen molar-refractivity contribution in [3.05, 3.63) is 28.5 Å². The molecule has 0 aromatic carbocycles. The van der Waals surface area contributed by atoms with Crippen LogP contribution in [-0.4, -0.2) is 41.3 Å². The highest BCUT2D eigenvalue weighted by Crippen LogP contribution is 2.06. The van der Waals surface area contributed by atoms with E-state index in [0.717, 1.165) is 0 Å². The molecule has 1 aromatic heterocycles. The minimum absolute atomic E-state index is 0.115. The lowest BCUT2D eigenvalue weighted by atomic mass is 10.2. The molecule has 0 spiro atoms. The summed E-state index contributed by atoms with van der Waals surface area (Å²) in [7, 11) is 1.70. The van der Waals surface area contributed by atoms with Gasteiger partial charge in [-0.15, -0.1) is 0 Å². The van der Waals surface area contributed by atoms with Crippen molar-refractivity contribution in [3.8, 4) is 0 Å². The first-order valence-electron chi connectivity index (χ1n) is 5.63. The van der Waals surface area contributed by atoms with Crippen LogP contribution in [0.5, 0.6) is 0 Å². The number of rotatable bonds is 4. The lowest BCUT2D eigenvalue weighted by Gasteiger charge is -2.20. The molecule has 1 atom stereocenters. The van der Waals surface area contributed by atoms with Gasteiger partial charge >= 0.3 is 0 Å². The van der Waals surface area contributed by atoms with Gasteiger partial charge < -0.3 is 10.2 Å². The molecule has 1 aromatic rings. The van der Waals surface area contributed by atoms with Crippen LogP contribution < -0.4 is 5.32 Å². The van der Waals surface area contributed by atoms with Crippen molar-refractivity contribution in [3.63, 3.8) is 0 Å². The summed E-state index contributed by atoms with van der Waals surface area (Å²) in [5.74, 6) is -0.420. The fourth-order valence-corrected chi connectivity index (χ4v) is 1.57. The third-order valence-corrected chi connectivity index (χ3v) is 3.03. The number of hydrogen-bond donors (Lipinski definition) is 1. The molecule has 1 heterocycles. The second kappa shape index (κ2) is 6.49. The topological polar surface area (TPSA) is 62.3 Å². The summed E-state index contributed by atoms with van der Waals surface area (Å²) in [4.78, 5) is 29.2. The standard InChI is InChI=1S/C12H16BrN3O2/c1-4-16(3)12(18)8(2)15-11(17)9-5-6-10(13)14-7-9/h5-8H,4H2,1-3H3,(H,15,17). The maximum Gasteiger partial charge on any atom is 0.253 e. The van der Waals surface area contributed by atoms with Gasteiger partial charge in [0.25, 0.3) is 5.91 Å². The van der Waals surface area contributed by atoms with Crippen LogP contribution in [0.3, 0.4) is 0 Å². The van der Waals surface area contributed by atoms with Crippen LogP contribution in [0.2, 0.25) is 0 Å². The molecular weight excluding hydrogens is 298 g/mol. The Kier molecular flexibility index (Phi) is 5.27. The average molecular weight is 314 g/mol. The fourth-order valence-electron chi connectivity index (χ4n) is 1.34. The number of nitrogens with one attached hydrogen (secondary N) is 1. The first-order valence-corrected chi connectivity index (χ1v) is 6.42. The summed E-state index contributed by atoms with van der Waals surface area (Å²) >= 11 is 3.19. The molecule has 1 N–H and O–H groups in total. The molecule has 5 nitrogen and oxygen atoms in total. The van der Waals surface area contributed by atoms with E-state index >= 15 is 0 Å². The monoisotopic (exact) mass is 313 g/mol. The Morgan fingerprint density at radius 2 is 2.17 bits per heavy atom. The Morgan fingerprint density at radius 1 is 1.50 bits per heavy atom. The number of likely N-dealkylation sites (N-methyl/N-ethyl adjacent to an activating group) is 1. The van der Waals surface area contributed by atoms with E-state index in [1.54, 1.807) is 31.0 Å². The minimum Gasteiger partial charge on any atom is -0.344 e. The SMILES string of the molecule is CCN(C)C(=O)C(C)NC(=O)c1ccc(Br)nc1. The molecule has 0 aliphatic rings. The molecule has 0 bridgehead atoms. The van der Waals surface area contributed by atoms with E-state index in [0.29, 0.717) is 16.7 Å². The molecule has 0 radical (unpaired) electrons. The number of carbonyl (C=O) groups excluding carboxylic acids is 2. The zero-order valence-electron chi connectivity index (χ0n) is 10.6. The predicted octanol–water partition coefficient (Wildman–Crippen LogP) is 1.44. The van der Waals surface area contributed by atoms with Crippen molar-refractivity contribution < 1.29 is 9.59 Å². The maximum atomic E-state index is 11.8. The maximum absolute atomic E-state index is 11.8. The second-order valence-corrected chi connectivity index (χ2v) is 4.73. The van der Waals surface area contributed by atoms with Gasteiger partial charge in [0.05, 0.1) is 5.56 Å². The molecule has 0 aliphatic heterocycles. The molecule has 0 saturated heterocycles. The first kappa shape index (κ1) is 14.6. The van der Waals surface area contributed by atoms with Gasteiger partial charge in [0.1, 0.15) is 10.6 Å². The predicted molar refractivity (Wildman–Crippen MR) is 72.2 cm³/mol. The number of hydrogen-bond acceptors (Lipinski definition) is 3. The zero-order valence-corrected chi connectivity index (χ0v) is 12.2. The Hall–Kier alpha value is -1.43. The normalized spacial score (nSPS) is 11.8. The van der Waals surface area contributed by atoms with Gasteiger partial charge in [-0.2, -0.15) is 0 Å². The van der Waals surface area contributed by atoms with E-state index in [1.165, 1.54) is 6.20 Å². The lowest BCUT2D eigenvalue weighted by Crippen LogP contribution is -2.45. The molecule has 0 aliphatic carbocycles. The molecule has 1 rings (SSSR count). The summed E-state index contributed by atoms with van der Waals surface area (Å²) in [6.07, 6.45) is 1.46. The first-order chi connectivity index (χ1) is 8.45. The molecule has 2 amide bonds. The van der Waals surface area contributed by atoms with Crippen LogP contribution in [0.1, 0.15) is 24.2 Å². The van der Waals surface area contributed by atoms with Crippen molar-refractivity contribution in [1.82, 2.24) is 15.2 Å². The number of nitrogens with zero attached hydrogens (tertiary/aromatic N) is 2. The van der Waals surface area contributed by atoms with Gasteiger partial charge in [-0.1, -0.05) is 0 Å². The Balaban J connectivity index is 2.65. The van der Waals surface area contributed by atoms with E-state index < -0.39 is 6.04 Å². The van der Waals surface area contributed by atoms with Crippen molar-refractivity contribution in [1.29, 1.82) is 0 Å². The number of amides is 2. The van der Waals surface area contributed by atoms with Crippen LogP contribution >= 0.6 is 15.9 Å². The smallest absolute Gasteiger partial charge is 0.253 e. The number of carbonyl (C=O) groups is 2. The largest absolute Gasteiger partial charge is 0.344 e. The summed E-state index contributed by atoms with van der Waals surface area (Å²) in [5, 5.41) is 2.65. The van der Waals surface area contributed by atoms with Crippen molar-refractivity contribution >= 4 is 27.7 Å². The Morgan fingerprint density at radius 3 is 2.67 bits per heavy atom. The van der Waals surface area contributed by atoms with E-state index in [-0.39, 0.29) is 11.8 Å². The van der Waals surface area contributed by atoms with Gasteiger partial charge in [-0.3, -0.25) is 9.59 Å². The highest BCUT2D eigenvalue weighted by molar-refractivity contribution is 9.10. The third-order valence-electron chi connectivity index (χ3n) is 2.56. The highest BCUT2D eigenvalue weighted by atomic mass is 79.9. The second-order valence-electron chi connectivity index (χ2n) is 3.92. The van der Waals surface area contributed by atoms with Gasteiger partial charge in [0, 0.05) is 19.8 Å². The summed E-state index contributed by atoms with van der Waals surface area (Å²) < 4.78 is 0.661. The fraction of sp³-hybridized carbons (Fsp3) is 0.417. The van der Waals surface area contributed by atoms with E-state index in [1.807, 2.05) is 6.92 Å². The van der Waals surface area contributed by atoms with E-state index in [9.17, 15) is 9.59 Å². The molecular formula is C12H16BrN3O2. The number of aromatic nitrogens is 1. The molecule has 0 fully saturated rings. The van der Waals surface area contributed by atoms with Gasteiger partial charge in [-0.05, 0) is 41.9 Å². The Labute approximate surface area is 115 Å². The van der Waals surface area contributed by atoms with Crippen LogP contribution in [-0.2, 0) is 4.79 Å². The van der Waals surface area contributed by atoms with Gasteiger partial charge in [0.15, 0.2) is 0 Å². The Bertz CT molecular complexity index is 433. The average Bonchev–Trinajstić information content (AvgIpc) is 2.37. The van der Waals surface area contributed by atoms with Crippen LogP contribution in [0.25, 0.3) is 0 Å². The molecule has 6 heteroatoms. The lowest BCUT2D eigenvalue weighted by molar-refractivity contribution is -0.131. The molecule has 1 unspecified atom stereocenters. The minimum atomic E-state index is -0.550. The van der Waals surface area contributed by atoms with E-state index in [2.05, 4.69) is 26.2 Å². The van der Waals surface area contributed by atoms with Gasteiger partial charge in [0.2, 0.25) is 5.91 Å². The molecule has 0 saturated carbocycles. The van der Waals surface area contributed by atoms with Gasteiger partial charge in [-0.25, -0.2) is 4.98 Å². The number of pyridine rings is 1. The summed E-state index contributed by atoms with van der Waals surface area (Å²) in [5.41, 5.74) is 0.428. The highest BCUT2D eigenvalue weighted by Gasteiger charge is 2.19. The van der Waals surface area contributed by atoms with Crippen molar-refractivity contribution in [2.75, 3.05) is 13.6 Å². The number of halogens is 1. The molecule has 98 valence electrons. The van der Waals surface area contributed by atoms with Crippen molar-refractivity contribution in [2.24, 2.45) is 0 Å². The summed E-state index contributed by atoms with van der Waals surface area (Å²) in [6.45, 7) is 4.16. The van der Waals surface area contributed by atoms with Crippen molar-refractivity contribution in [2.45, 2.75) is 19.9 Å². The summed E-state index contributed by atoms with van der Waals surface area (Å²) in [6, 6.07) is 2.78. The zero-order chi connectivity index (χ0) is 13.7. The third kappa shape index (κ3) is 3.80. The van der Waals surface area contributed by atoms with E-state index in [4.69, 9.17) is 0 Å². The van der Waals surface area contributed by atoms with Crippen LogP contribution in [0, 0.1) is 0 Å².